The first-order chi connectivity index (χ1) is 10.2. The second-order valence-electron chi connectivity index (χ2n) is 6.84. The Bertz CT molecular complexity index is 448. The Kier molecular flexibility index (Phi) is 4.76. The lowest BCUT2D eigenvalue weighted by atomic mass is 10.1. The van der Waals surface area contributed by atoms with Gasteiger partial charge in [-0.25, -0.2) is 0 Å². The van der Waals surface area contributed by atoms with Gasteiger partial charge >= 0.3 is 0 Å². The van der Waals surface area contributed by atoms with Crippen LogP contribution in [0, 0.1) is 5.92 Å². The predicted molar refractivity (Wildman–Crippen MR) is 87.6 cm³/mol. The van der Waals surface area contributed by atoms with Gasteiger partial charge in [0.1, 0.15) is 0 Å². The fourth-order valence-electron chi connectivity index (χ4n) is 3.08. The molecule has 2 aliphatic rings. The van der Waals surface area contributed by atoms with Gasteiger partial charge in [0.25, 0.3) is 0 Å². The highest BCUT2D eigenvalue weighted by molar-refractivity contribution is 5.52. The summed E-state index contributed by atoms with van der Waals surface area (Å²) in [6.07, 6.45) is 6.65. The molecule has 1 N–H and O–H groups in total. The van der Waals surface area contributed by atoms with Crippen LogP contribution in [0.2, 0.25) is 0 Å². The molecule has 1 aromatic rings. The third kappa shape index (κ3) is 4.17. The van der Waals surface area contributed by atoms with Gasteiger partial charge in [0.05, 0.1) is 11.9 Å². The SMILES string of the molecule is CC(C)CN1CCN(c2cnccc2CNC2CC2)CC1. The lowest BCUT2D eigenvalue weighted by Gasteiger charge is -2.37. The number of nitrogens with one attached hydrogen (secondary N) is 1. The van der Waals surface area contributed by atoms with Crippen LogP contribution in [-0.2, 0) is 6.54 Å². The molecule has 1 saturated heterocycles. The van der Waals surface area contributed by atoms with Gasteiger partial charge in [0.2, 0.25) is 0 Å². The van der Waals surface area contributed by atoms with Crippen molar-refractivity contribution < 1.29 is 0 Å². The summed E-state index contributed by atoms with van der Waals surface area (Å²) in [5.41, 5.74) is 2.73. The molecule has 0 spiro atoms. The van der Waals surface area contributed by atoms with E-state index in [0.29, 0.717) is 0 Å². The van der Waals surface area contributed by atoms with Crippen molar-refractivity contribution in [2.75, 3.05) is 37.6 Å². The molecule has 1 aliphatic heterocycles. The molecule has 1 aliphatic carbocycles. The number of piperazine rings is 1. The lowest BCUT2D eigenvalue weighted by Crippen LogP contribution is -2.47. The van der Waals surface area contributed by atoms with Gasteiger partial charge in [-0.15, -0.1) is 0 Å². The first-order valence-corrected chi connectivity index (χ1v) is 8.36. The molecule has 4 heteroatoms. The Balaban J connectivity index is 1.58. The summed E-state index contributed by atoms with van der Waals surface area (Å²) >= 11 is 0. The Morgan fingerprint density at radius 2 is 2.00 bits per heavy atom. The number of hydrogen-bond donors (Lipinski definition) is 1. The van der Waals surface area contributed by atoms with Crippen LogP contribution in [-0.4, -0.2) is 48.6 Å². The minimum absolute atomic E-state index is 0.758. The number of nitrogens with zero attached hydrogens (tertiary/aromatic N) is 3. The van der Waals surface area contributed by atoms with Gasteiger partial charge in [0, 0.05) is 51.5 Å². The van der Waals surface area contributed by atoms with Gasteiger partial charge in [0.15, 0.2) is 0 Å². The number of rotatable bonds is 6. The molecule has 1 saturated carbocycles. The Morgan fingerprint density at radius 1 is 1.24 bits per heavy atom. The van der Waals surface area contributed by atoms with Crippen LogP contribution < -0.4 is 10.2 Å². The summed E-state index contributed by atoms with van der Waals surface area (Å²) < 4.78 is 0. The lowest BCUT2D eigenvalue weighted by molar-refractivity contribution is 0.231. The standard InChI is InChI=1S/C17H28N4/c1-14(2)13-20-7-9-21(10-8-20)17-12-18-6-5-15(17)11-19-16-3-4-16/h5-6,12,14,16,19H,3-4,7-11,13H2,1-2H3. The van der Waals surface area contributed by atoms with Crippen LogP contribution >= 0.6 is 0 Å². The quantitative estimate of drug-likeness (QED) is 0.869. The second-order valence-corrected chi connectivity index (χ2v) is 6.84. The Morgan fingerprint density at radius 3 is 2.67 bits per heavy atom. The molecular weight excluding hydrogens is 260 g/mol. The normalized spacial score (nSPS) is 20.2. The maximum atomic E-state index is 4.35. The van der Waals surface area contributed by atoms with Crippen LogP contribution in [0.5, 0.6) is 0 Å². The first-order valence-electron chi connectivity index (χ1n) is 8.36. The second kappa shape index (κ2) is 6.75. The van der Waals surface area contributed by atoms with E-state index in [9.17, 15) is 0 Å². The van der Waals surface area contributed by atoms with E-state index in [1.807, 2.05) is 12.4 Å². The van der Waals surface area contributed by atoms with Gasteiger partial charge in [-0.3, -0.25) is 9.88 Å². The van der Waals surface area contributed by atoms with Crippen LogP contribution in [0.25, 0.3) is 0 Å². The molecule has 0 bridgehead atoms. The fraction of sp³-hybridized carbons (Fsp3) is 0.706. The maximum Gasteiger partial charge on any atom is 0.0599 e. The summed E-state index contributed by atoms with van der Waals surface area (Å²) in [7, 11) is 0. The van der Waals surface area contributed by atoms with Crippen molar-refractivity contribution in [3.63, 3.8) is 0 Å². The molecule has 2 heterocycles. The van der Waals surface area contributed by atoms with Gasteiger partial charge in [-0.2, -0.15) is 0 Å². The topological polar surface area (TPSA) is 31.4 Å². The molecule has 3 rings (SSSR count). The van der Waals surface area contributed by atoms with Crippen LogP contribution in [0.15, 0.2) is 18.5 Å². The highest BCUT2D eigenvalue weighted by atomic mass is 15.3. The third-order valence-electron chi connectivity index (χ3n) is 4.38. The molecule has 0 unspecified atom stereocenters. The van der Waals surface area contributed by atoms with Gasteiger partial charge in [-0.1, -0.05) is 13.8 Å². The molecule has 1 aromatic heterocycles. The fourth-order valence-corrected chi connectivity index (χ4v) is 3.08. The van der Waals surface area contributed by atoms with Crippen molar-refractivity contribution in [2.24, 2.45) is 5.92 Å². The molecule has 4 nitrogen and oxygen atoms in total. The Hall–Kier alpha value is -1.13. The number of anilines is 1. The van der Waals surface area contributed by atoms with E-state index in [4.69, 9.17) is 0 Å². The van der Waals surface area contributed by atoms with Crippen LogP contribution in [0.4, 0.5) is 5.69 Å². The van der Waals surface area contributed by atoms with Gasteiger partial charge in [-0.05, 0) is 30.4 Å². The summed E-state index contributed by atoms with van der Waals surface area (Å²) in [6, 6.07) is 2.93. The molecule has 0 aromatic carbocycles. The molecule has 116 valence electrons. The smallest absolute Gasteiger partial charge is 0.0599 e. The van der Waals surface area contributed by atoms with E-state index >= 15 is 0 Å². The van der Waals surface area contributed by atoms with Crippen molar-refractivity contribution in [3.8, 4) is 0 Å². The average Bonchev–Trinajstić information content (AvgIpc) is 3.30. The Labute approximate surface area is 128 Å². The maximum absolute atomic E-state index is 4.35. The van der Waals surface area contributed by atoms with Crippen molar-refractivity contribution >= 4 is 5.69 Å². The highest BCUT2D eigenvalue weighted by Gasteiger charge is 2.22. The van der Waals surface area contributed by atoms with Crippen molar-refractivity contribution in [2.45, 2.75) is 39.3 Å². The minimum Gasteiger partial charge on any atom is -0.367 e. The zero-order valence-corrected chi connectivity index (χ0v) is 13.4. The van der Waals surface area contributed by atoms with E-state index in [-0.39, 0.29) is 0 Å². The van der Waals surface area contributed by atoms with E-state index in [1.54, 1.807) is 0 Å². The molecule has 0 amide bonds. The largest absolute Gasteiger partial charge is 0.367 e. The van der Waals surface area contributed by atoms with Crippen molar-refractivity contribution in [1.29, 1.82) is 0 Å². The van der Waals surface area contributed by atoms with E-state index in [2.05, 4.69) is 40.0 Å². The summed E-state index contributed by atoms with van der Waals surface area (Å²) in [5.74, 6) is 0.758. The van der Waals surface area contributed by atoms with E-state index < -0.39 is 0 Å². The van der Waals surface area contributed by atoms with E-state index in [1.165, 1.54) is 43.7 Å². The highest BCUT2D eigenvalue weighted by Crippen LogP contribution is 2.24. The first kappa shape index (κ1) is 14.8. The number of pyridine rings is 1. The van der Waals surface area contributed by atoms with Crippen LogP contribution in [0.3, 0.4) is 0 Å². The van der Waals surface area contributed by atoms with Crippen molar-refractivity contribution in [3.05, 3.63) is 24.0 Å². The summed E-state index contributed by atoms with van der Waals surface area (Å²) in [4.78, 5) is 9.44. The van der Waals surface area contributed by atoms with Crippen molar-refractivity contribution in [1.82, 2.24) is 15.2 Å². The average molecular weight is 288 g/mol. The third-order valence-corrected chi connectivity index (χ3v) is 4.38. The minimum atomic E-state index is 0.758. The monoisotopic (exact) mass is 288 g/mol. The summed E-state index contributed by atoms with van der Waals surface area (Å²) in [5, 5.41) is 3.62. The molecular formula is C17H28N4. The molecule has 2 fully saturated rings. The zero-order valence-electron chi connectivity index (χ0n) is 13.4. The van der Waals surface area contributed by atoms with E-state index in [0.717, 1.165) is 31.6 Å². The molecule has 21 heavy (non-hydrogen) atoms. The van der Waals surface area contributed by atoms with Gasteiger partial charge < -0.3 is 10.2 Å². The van der Waals surface area contributed by atoms with Crippen LogP contribution in [0.1, 0.15) is 32.3 Å². The zero-order chi connectivity index (χ0) is 14.7. The number of hydrogen-bond acceptors (Lipinski definition) is 4. The molecule has 0 atom stereocenters. The molecule has 0 radical (unpaired) electrons. The number of aromatic nitrogens is 1. The predicted octanol–water partition coefficient (Wildman–Crippen LogP) is 2.11. The summed E-state index contributed by atoms with van der Waals surface area (Å²) in [6.45, 7) is 11.4.